The summed E-state index contributed by atoms with van der Waals surface area (Å²) in [5.41, 5.74) is 1.61. The van der Waals surface area contributed by atoms with E-state index in [1.165, 1.54) is 24.3 Å². The van der Waals surface area contributed by atoms with Crippen LogP contribution in [0.15, 0.2) is 109 Å². The molecule has 8 heteroatoms. The van der Waals surface area contributed by atoms with Gasteiger partial charge in [-0.05, 0) is 23.3 Å². The fourth-order valence-corrected chi connectivity index (χ4v) is 6.85. The smallest absolute Gasteiger partial charge is 0.270 e. The Bertz CT molecular complexity index is 1800. The molecule has 0 radical (unpaired) electrons. The molecule has 0 saturated carbocycles. The van der Waals surface area contributed by atoms with Gasteiger partial charge < -0.3 is 10.2 Å². The minimum Gasteiger partial charge on any atom is -0.352 e. The van der Waals surface area contributed by atoms with E-state index in [-0.39, 0.29) is 22.9 Å². The van der Waals surface area contributed by atoms with Crippen molar-refractivity contribution in [3.63, 3.8) is 0 Å². The molecule has 1 saturated heterocycles. The molecular weight excluding hydrogens is 518 g/mol. The third-order valence-electron chi connectivity index (χ3n) is 8.49. The molecule has 3 heterocycles. The van der Waals surface area contributed by atoms with Gasteiger partial charge >= 0.3 is 0 Å². The first-order valence-corrected chi connectivity index (χ1v) is 13.3. The molecular formula is C33H23N3O5. The number of nitrogens with zero attached hydrogens (tertiary/aromatic N) is 2. The number of non-ortho nitro benzene ring substituents is 1. The van der Waals surface area contributed by atoms with Crippen molar-refractivity contribution in [2.75, 3.05) is 10.2 Å². The number of amides is 1. The number of ketones is 2. The van der Waals surface area contributed by atoms with Crippen LogP contribution in [0.2, 0.25) is 0 Å². The average Bonchev–Trinajstić information content (AvgIpc) is 3.49. The molecule has 4 aromatic rings. The standard InChI is InChI=1S/C33H23N3O5/c37-30(21-10-2-1-3-11-21)28-29(31(38)22-12-8-13-23(19-22)36(40)41)35-26-16-7-4-9-20(26)17-18-27(35)33(28)24-14-5-6-15-25(24)34-32(33)39/h1-19,27-29H,(H,34,39)/t27-,28+,29-,33+/m0/s1. The number of fused-ring (bicyclic) bond motifs is 6. The van der Waals surface area contributed by atoms with E-state index in [2.05, 4.69) is 5.32 Å². The van der Waals surface area contributed by atoms with E-state index >= 15 is 0 Å². The first-order valence-electron chi connectivity index (χ1n) is 13.3. The van der Waals surface area contributed by atoms with Crippen LogP contribution in [-0.4, -0.2) is 34.5 Å². The Morgan fingerprint density at radius 1 is 0.829 bits per heavy atom. The van der Waals surface area contributed by atoms with Crippen LogP contribution >= 0.6 is 0 Å². The zero-order chi connectivity index (χ0) is 28.3. The van der Waals surface area contributed by atoms with Gasteiger partial charge in [0.15, 0.2) is 11.6 Å². The number of anilines is 2. The Hall–Kier alpha value is -5.37. The summed E-state index contributed by atoms with van der Waals surface area (Å²) < 4.78 is 0. The first kappa shape index (κ1) is 24.7. The van der Waals surface area contributed by atoms with Crippen molar-refractivity contribution in [3.8, 4) is 0 Å². The Labute approximate surface area is 235 Å². The van der Waals surface area contributed by atoms with Gasteiger partial charge in [0.05, 0.1) is 16.9 Å². The highest BCUT2D eigenvalue weighted by atomic mass is 16.6. The number of carbonyl (C=O) groups excluding carboxylic acids is 3. The summed E-state index contributed by atoms with van der Waals surface area (Å²) >= 11 is 0. The molecule has 0 unspecified atom stereocenters. The maximum absolute atomic E-state index is 14.6. The molecule has 7 rings (SSSR count). The maximum atomic E-state index is 14.6. The second-order valence-electron chi connectivity index (χ2n) is 10.5. The first-order chi connectivity index (χ1) is 19.9. The van der Waals surface area contributed by atoms with Crippen LogP contribution in [0.3, 0.4) is 0 Å². The third kappa shape index (κ3) is 3.43. The van der Waals surface area contributed by atoms with Gasteiger partial charge in [0.1, 0.15) is 11.5 Å². The van der Waals surface area contributed by atoms with Crippen LogP contribution in [-0.2, 0) is 10.2 Å². The number of hydrogen-bond donors (Lipinski definition) is 1. The summed E-state index contributed by atoms with van der Waals surface area (Å²) in [7, 11) is 0. The highest BCUT2D eigenvalue weighted by molar-refractivity contribution is 6.18. The quantitative estimate of drug-likeness (QED) is 0.204. The molecule has 4 aromatic carbocycles. The highest BCUT2D eigenvalue weighted by Gasteiger charge is 2.70. The topological polar surface area (TPSA) is 110 Å². The lowest BCUT2D eigenvalue weighted by atomic mass is 9.64. The SMILES string of the molecule is O=C(c1cccc([N+](=O)[O-])c1)[C@@H]1[C@H](C(=O)c2ccccc2)[C@]2(C(=O)Nc3ccccc32)[C@@H]2C=Cc3ccccc3N12. The largest absolute Gasteiger partial charge is 0.352 e. The van der Waals surface area contributed by atoms with Gasteiger partial charge in [-0.3, -0.25) is 24.5 Å². The lowest BCUT2D eigenvalue weighted by Gasteiger charge is -2.37. The predicted molar refractivity (Wildman–Crippen MR) is 154 cm³/mol. The minimum atomic E-state index is -1.44. The number of nitro benzene ring substituents is 1. The Morgan fingerprint density at radius 2 is 1.54 bits per heavy atom. The second-order valence-corrected chi connectivity index (χ2v) is 10.5. The molecule has 4 atom stereocenters. The molecule has 3 aliphatic rings. The van der Waals surface area contributed by atoms with E-state index in [9.17, 15) is 24.5 Å². The fourth-order valence-electron chi connectivity index (χ4n) is 6.85. The lowest BCUT2D eigenvalue weighted by molar-refractivity contribution is -0.384. The van der Waals surface area contributed by atoms with Crippen molar-refractivity contribution >= 4 is 40.6 Å². The van der Waals surface area contributed by atoms with E-state index in [0.29, 0.717) is 22.5 Å². The molecule has 0 bridgehead atoms. The number of carbonyl (C=O) groups is 3. The number of rotatable bonds is 5. The lowest BCUT2D eigenvalue weighted by Crippen LogP contribution is -2.51. The maximum Gasteiger partial charge on any atom is 0.270 e. The molecule has 1 amide bonds. The minimum absolute atomic E-state index is 0.101. The van der Waals surface area contributed by atoms with E-state index in [1.54, 1.807) is 36.4 Å². The molecule has 1 spiro atoms. The fraction of sp³-hybridized carbons (Fsp3) is 0.121. The normalized spacial score (nSPS) is 23.5. The zero-order valence-electron chi connectivity index (χ0n) is 21.6. The van der Waals surface area contributed by atoms with Gasteiger partial charge in [-0.25, -0.2) is 0 Å². The predicted octanol–water partition coefficient (Wildman–Crippen LogP) is 5.45. The van der Waals surface area contributed by atoms with E-state index in [4.69, 9.17) is 0 Å². The molecule has 1 fully saturated rings. The number of nitro groups is 1. The van der Waals surface area contributed by atoms with Gasteiger partial charge in [-0.2, -0.15) is 0 Å². The van der Waals surface area contributed by atoms with Gasteiger partial charge in [0, 0.05) is 34.6 Å². The number of nitrogens with one attached hydrogen (secondary N) is 1. The van der Waals surface area contributed by atoms with Crippen LogP contribution in [0.4, 0.5) is 17.1 Å². The van der Waals surface area contributed by atoms with Crippen molar-refractivity contribution in [2.45, 2.75) is 17.5 Å². The second kappa shape index (κ2) is 9.09. The van der Waals surface area contributed by atoms with Crippen LogP contribution in [0.25, 0.3) is 6.08 Å². The van der Waals surface area contributed by atoms with Gasteiger partial charge in [0.25, 0.3) is 5.69 Å². The highest BCUT2D eigenvalue weighted by Crippen LogP contribution is 2.58. The third-order valence-corrected chi connectivity index (χ3v) is 8.49. The van der Waals surface area contributed by atoms with Gasteiger partial charge in [-0.15, -0.1) is 0 Å². The Kier molecular flexibility index (Phi) is 5.47. The van der Waals surface area contributed by atoms with Crippen molar-refractivity contribution in [1.29, 1.82) is 0 Å². The van der Waals surface area contributed by atoms with Crippen molar-refractivity contribution in [3.05, 3.63) is 142 Å². The van der Waals surface area contributed by atoms with E-state index in [1.807, 2.05) is 59.5 Å². The van der Waals surface area contributed by atoms with E-state index < -0.39 is 34.1 Å². The number of para-hydroxylation sites is 2. The van der Waals surface area contributed by atoms with Crippen LogP contribution in [0, 0.1) is 16.0 Å². The molecule has 41 heavy (non-hydrogen) atoms. The van der Waals surface area contributed by atoms with Crippen LogP contribution < -0.4 is 10.2 Å². The monoisotopic (exact) mass is 541 g/mol. The molecule has 200 valence electrons. The van der Waals surface area contributed by atoms with Crippen molar-refractivity contribution in [2.24, 2.45) is 5.92 Å². The van der Waals surface area contributed by atoms with Crippen molar-refractivity contribution in [1.82, 2.24) is 0 Å². The average molecular weight is 542 g/mol. The number of benzene rings is 4. The number of hydrogen-bond acceptors (Lipinski definition) is 6. The van der Waals surface area contributed by atoms with Crippen LogP contribution in [0.1, 0.15) is 31.8 Å². The Balaban J connectivity index is 1.53. The van der Waals surface area contributed by atoms with Gasteiger partial charge in [0.2, 0.25) is 5.91 Å². The molecule has 0 aliphatic carbocycles. The van der Waals surface area contributed by atoms with Crippen molar-refractivity contribution < 1.29 is 19.3 Å². The van der Waals surface area contributed by atoms with Crippen LogP contribution in [0.5, 0.6) is 0 Å². The molecule has 3 aliphatic heterocycles. The molecule has 0 aromatic heterocycles. The summed E-state index contributed by atoms with van der Waals surface area (Å²) in [5, 5.41) is 14.6. The van der Waals surface area contributed by atoms with Gasteiger partial charge in [-0.1, -0.05) is 91.0 Å². The van der Waals surface area contributed by atoms with E-state index in [0.717, 1.165) is 5.56 Å². The Morgan fingerprint density at radius 3 is 2.34 bits per heavy atom. The zero-order valence-corrected chi connectivity index (χ0v) is 21.6. The summed E-state index contributed by atoms with van der Waals surface area (Å²) in [6.45, 7) is 0. The molecule has 8 nitrogen and oxygen atoms in total. The summed E-state index contributed by atoms with van der Waals surface area (Å²) in [4.78, 5) is 56.5. The molecule has 1 N–H and O–H groups in total. The summed E-state index contributed by atoms with van der Waals surface area (Å²) in [6, 6.07) is 27.2. The summed E-state index contributed by atoms with van der Waals surface area (Å²) in [6.07, 6.45) is 3.83. The summed E-state index contributed by atoms with van der Waals surface area (Å²) in [5.74, 6) is -2.31. The number of Topliss-reactive ketones (excluding diaryl/α,β-unsaturated/α-hetero) is 2.